The van der Waals surface area contributed by atoms with Crippen molar-refractivity contribution < 1.29 is 0 Å². The van der Waals surface area contributed by atoms with Crippen molar-refractivity contribution in [1.82, 2.24) is 39.6 Å². The molecule has 1 aromatic carbocycles. The number of anilines is 2. The molecule has 0 amide bonds. The Morgan fingerprint density at radius 2 is 1.52 bits per heavy atom. The molecule has 0 saturated carbocycles. The summed E-state index contributed by atoms with van der Waals surface area (Å²) in [6.45, 7) is 4.13. The molecule has 4 N–H and O–H groups in total. The summed E-state index contributed by atoms with van der Waals surface area (Å²) in [6.07, 6.45) is 3.59. The van der Waals surface area contributed by atoms with Gasteiger partial charge < -0.3 is 0 Å². The average molecular weight is 362 g/mol. The molecule has 10 heteroatoms. The number of hydrazine groups is 1. The number of aromatic nitrogens is 8. The van der Waals surface area contributed by atoms with Gasteiger partial charge in [0.15, 0.2) is 11.6 Å². The highest BCUT2D eigenvalue weighted by molar-refractivity contribution is 5.81. The van der Waals surface area contributed by atoms with E-state index in [1.165, 1.54) is 5.01 Å². The first-order valence-corrected chi connectivity index (χ1v) is 8.60. The Kier molecular flexibility index (Phi) is 3.28. The fraction of sp³-hybridized carbons (Fsp3) is 0.176. The van der Waals surface area contributed by atoms with E-state index in [4.69, 9.17) is 5.84 Å². The van der Waals surface area contributed by atoms with Gasteiger partial charge in [-0.2, -0.15) is 0 Å². The highest BCUT2D eigenvalue weighted by atomic mass is 15.5. The van der Waals surface area contributed by atoms with Gasteiger partial charge in [-0.3, -0.25) is 15.2 Å². The van der Waals surface area contributed by atoms with E-state index in [0.29, 0.717) is 28.5 Å². The second kappa shape index (κ2) is 5.68. The summed E-state index contributed by atoms with van der Waals surface area (Å²) in [5.74, 6) is 8.20. The molecule has 0 aliphatic rings. The molecule has 10 nitrogen and oxygen atoms in total. The Labute approximate surface area is 153 Å². The number of rotatable bonds is 4. The Morgan fingerprint density at radius 3 is 2.22 bits per heavy atom. The van der Waals surface area contributed by atoms with Gasteiger partial charge in [-0.05, 0) is 0 Å². The van der Waals surface area contributed by atoms with Gasteiger partial charge >= 0.3 is 0 Å². The number of H-pyrrole nitrogens is 2. The zero-order valence-electron chi connectivity index (χ0n) is 14.8. The molecule has 0 radical (unpaired) electrons. The van der Waals surface area contributed by atoms with Crippen molar-refractivity contribution in [2.45, 2.75) is 19.8 Å². The Morgan fingerprint density at radius 1 is 0.889 bits per heavy atom. The van der Waals surface area contributed by atoms with Crippen LogP contribution in [0, 0.1) is 0 Å². The molecule has 0 saturated heterocycles. The van der Waals surface area contributed by atoms with Crippen LogP contribution in [0.4, 0.5) is 11.4 Å². The predicted octanol–water partition coefficient (Wildman–Crippen LogP) is 2.23. The van der Waals surface area contributed by atoms with Gasteiger partial charge in [0.25, 0.3) is 0 Å². The molecule has 0 bridgehead atoms. The molecule has 136 valence electrons. The zero-order valence-corrected chi connectivity index (χ0v) is 14.8. The fourth-order valence-corrected chi connectivity index (χ4v) is 3.17. The highest BCUT2D eigenvalue weighted by Crippen LogP contribution is 2.30. The van der Waals surface area contributed by atoms with Crippen LogP contribution < -0.4 is 10.9 Å². The molecule has 0 spiro atoms. The van der Waals surface area contributed by atoms with Gasteiger partial charge in [0.1, 0.15) is 11.4 Å². The SMILES string of the molecule is CC(C)c1nnc2c(N(N)c3c[nH]n4c(-c5ccccc5)nnc34)c[nH]n12. The second-order valence-corrected chi connectivity index (χ2v) is 6.61. The van der Waals surface area contributed by atoms with Gasteiger partial charge in [0.2, 0.25) is 11.3 Å². The number of hydrogen-bond donors (Lipinski definition) is 3. The van der Waals surface area contributed by atoms with E-state index < -0.39 is 0 Å². The smallest absolute Gasteiger partial charge is 0.202 e. The minimum Gasteiger partial charge on any atom is -0.296 e. The maximum atomic E-state index is 6.40. The Balaban J connectivity index is 1.59. The van der Waals surface area contributed by atoms with Crippen LogP contribution in [0.1, 0.15) is 25.6 Å². The van der Waals surface area contributed by atoms with Crippen molar-refractivity contribution in [2.75, 3.05) is 5.01 Å². The van der Waals surface area contributed by atoms with Gasteiger partial charge in [-0.1, -0.05) is 44.2 Å². The molecule has 0 unspecified atom stereocenters. The topological polar surface area (TPSA) is 121 Å². The molecule has 0 aliphatic heterocycles. The monoisotopic (exact) mass is 362 g/mol. The van der Waals surface area contributed by atoms with Crippen LogP contribution in [0.2, 0.25) is 0 Å². The van der Waals surface area contributed by atoms with E-state index in [1.807, 2.05) is 34.8 Å². The van der Waals surface area contributed by atoms with Gasteiger partial charge in [0.05, 0.1) is 0 Å². The van der Waals surface area contributed by atoms with Crippen molar-refractivity contribution in [3.05, 3.63) is 48.5 Å². The number of benzene rings is 1. The summed E-state index contributed by atoms with van der Waals surface area (Å²) >= 11 is 0. The third-order valence-corrected chi connectivity index (χ3v) is 4.54. The van der Waals surface area contributed by atoms with Crippen molar-refractivity contribution in [3.63, 3.8) is 0 Å². The van der Waals surface area contributed by atoms with E-state index in [0.717, 1.165) is 11.4 Å². The third kappa shape index (κ3) is 2.23. The number of hydrogen-bond acceptors (Lipinski definition) is 6. The molecule has 0 fully saturated rings. The van der Waals surface area contributed by atoms with Crippen LogP contribution in [-0.4, -0.2) is 39.6 Å². The minimum absolute atomic E-state index is 0.238. The lowest BCUT2D eigenvalue weighted by Gasteiger charge is -2.13. The Hall–Kier alpha value is -3.66. The van der Waals surface area contributed by atoms with E-state index in [9.17, 15) is 0 Å². The maximum Gasteiger partial charge on any atom is 0.202 e. The fourth-order valence-electron chi connectivity index (χ4n) is 3.17. The first kappa shape index (κ1) is 15.6. The average Bonchev–Trinajstić information content (AvgIpc) is 3.41. The number of nitrogens with zero attached hydrogens (tertiary/aromatic N) is 7. The first-order valence-electron chi connectivity index (χ1n) is 8.60. The second-order valence-electron chi connectivity index (χ2n) is 6.61. The molecular weight excluding hydrogens is 344 g/mol. The molecular formula is C17H18N10. The van der Waals surface area contributed by atoms with E-state index in [2.05, 4.69) is 44.4 Å². The molecule has 0 atom stereocenters. The van der Waals surface area contributed by atoms with Crippen LogP contribution in [0.15, 0.2) is 42.7 Å². The van der Waals surface area contributed by atoms with E-state index in [-0.39, 0.29) is 5.92 Å². The van der Waals surface area contributed by atoms with Crippen LogP contribution in [-0.2, 0) is 0 Å². The van der Waals surface area contributed by atoms with Crippen molar-refractivity contribution in [3.8, 4) is 11.4 Å². The van der Waals surface area contributed by atoms with Gasteiger partial charge in [-0.25, -0.2) is 14.9 Å². The summed E-state index contributed by atoms with van der Waals surface area (Å²) in [5.41, 5.74) is 3.62. The lowest BCUT2D eigenvalue weighted by molar-refractivity contribution is 0.725. The summed E-state index contributed by atoms with van der Waals surface area (Å²) < 4.78 is 3.64. The molecule has 4 aromatic heterocycles. The van der Waals surface area contributed by atoms with Crippen LogP contribution >= 0.6 is 0 Å². The molecule has 27 heavy (non-hydrogen) atoms. The lowest BCUT2D eigenvalue weighted by Crippen LogP contribution is -2.24. The first-order chi connectivity index (χ1) is 13.1. The Bertz CT molecular complexity index is 1220. The van der Waals surface area contributed by atoms with Crippen molar-refractivity contribution in [2.24, 2.45) is 5.84 Å². The summed E-state index contributed by atoms with van der Waals surface area (Å²) in [4.78, 5) is 0. The third-order valence-electron chi connectivity index (χ3n) is 4.54. The molecule has 4 heterocycles. The van der Waals surface area contributed by atoms with Crippen molar-refractivity contribution in [1.29, 1.82) is 0 Å². The lowest BCUT2D eigenvalue weighted by atomic mass is 10.2. The molecule has 5 aromatic rings. The zero-order chi connectivity index (χ0) is 18.5. The largest absolute Gasteiger partial charge is 0.296 e. The number of nitrogens with two attached hydrogens (primary N) is 1. The summed E-state index contributed by atoms with van der Waals surface area (Å²) in [7, 11) is 0. The van der Waals surface area contributed by atoms with Gasteiger partial charge in [-0.15, -0.1) is 20.4 Å². The number of fused-ring (bicyclic) bond motifs is 2. The number of aromatic amines is 2. The summed E-state index contributed by atoms with van der Waals surface area (Å²) in [6, 6.07) is 9.85. The van der Waals surface area contributed by atoms with E-state index in [1.54, 1.807) is 16.9 Å². The summed E-state index contributed by atoms with van der Waals surface area (Å²) in [5, 5.41) is 25.0. The standard InChI is InChI=1S/C17H18N10/c1-10(2)14-21-23-16-12(8-19-26(14)16)25(18)13-9-20-27-15(22-24-17(13)27)11-6-4-3-5-7-11/h3-10,19-20H,18H2,1-2H3. The molecule has 0 aliphatic carbocycles. The number of nitrogens with one attached hydrogen (secondary N) is 2. The predicted molar refractivity (Wildman–Crippen MR) is 101 cm³/mol. The normalized spacial score (nSPS) is 11.9. The minimum atomic E-state index is 0.238. The van der Waals surface area contributed by atoms with Crippen LogP contribution in [0.5, 0.6) is 0 Å². The maximum absolute atomic E-state index is 6.40. The molecule has 5 rings (SSSR count). The van der Waals surface area contributed by atoms with Crippen molar-refractivity contribution >= 4 is 22.7 Å². The quantitative estimate of drug-likeness (QED) is 0.333. The van der Waals surface area contributed by atoms with E-state index >= 15 is 0 Å². The van der Waals surface area contributed by atoms with Gasteiger partial charge in [0, 0.05) is 23.9 Å². The van der Waals surface area contributed by atoms with Crippen LogP contribution in [0.3, 0.4) is 0 Å². The highest BCUT2D eigenvalue weighted by Gasteiger charge is 2.22. The van der Waals surface area contributed by atoms with Crippen LogP contribution in [0.25, 0.3) is 22.7 Å².